The van der Waals surface area contributed by atoms with Crippen molar-refractivity contribution in [2.24, 2.45) is 5.73 Å². The predicted octanol–water partition coefficient (Wildman–Crippen LogP) is 0.658. The molecule has 3 atom stereocenters. The van der Waals surface area contributed by atoms with Crippen LogP contribution in [0.1, 0.15) is 32.2 Å². The smallest absolute Gasteiger partial charge is 0.315 e. The van der Waals surface area contributed by atoms with Crippen LogP contribution in [-0.2, 0) is 10.8 Å². The topological polar surface area (TPSA) is 94.0 Å². The summed E-state index contributed by atoms with van der Waals surface area (Å²) in [6.45, 7) is 4.37. The van der Waals surface area contributed by atoms with Crippen molar-refractivity contribution in [3.8, 4) is 0 Å². The van der Waals surface area contributed by atoms with Gasteiger partial charge in [0.25, 0.3) is 0 Å². The van der Waals surface area contributed by atoms with E-state index in [9.17, 15) is 4.21 Å². The molecule has 0 aliphatic carbocycles. The molecule has 3 unspecified atom stereocenters. The first-order chi connectivity index (χ1) is 7.50. The van der Waals surface area contributed by atoms with E-state index >= 15 is 0 Å². The zero-order valence-corrected chi connectivity index (χ0v) is 10.6. The van der Waals surface area contributed by atoms with Gasteiger partial charge in [-0.1, -0.05) is 12.0 Å². The first-order valence-corrected chi connectivity index (χ1v) is 6.78. The summed E-state index contributed by atoms with van der Waals surface area (Å²) in [6, 6.07) is 0.103. The summed E-state index contributed by atoms with van der Waals surface area (Å²) in [6.07, 6.45) is 2.49. The minimum absolute atomic E-state index is 0.156. The molecule has 0 fully saturated rings. The molecule has 3 N–H and O–H groups in total. The fraction of sp³-hybridized carbons (Fsp3) is 0.778. The average Bonchev–Trinajstić information content (AvgIpc) is 2.66. The third-order valence-electron chi connectivity index (χ3n) is 2.22. The van der Waals surface area contributed by atoms with E-state index in [1.807, 2.05) is 6.92 Å². The summed E-state index contributed by atoms with van der Waals surface area (Å²) in [7, 11) is -0.797. The number of hydrogen-bond acceptors (Lipinski definition) is 6. The largest absolute Gasteiger partial charge is 0.406 e. The van der Waals surface area contributed by atoms with Crippen LogP contribution in [0.15, 0.2) is 4.42 Å². The van der Waals surface area contributed by atoms with E-state index in [0.29, 0.717) is 18.5 Å². The van der Waals surface area contributed by atoms with Crippen molar-refractivity contribution in [3.63, 3.8) is 0 Å². The lowest BCUT2D eigenvalue weighted by Crippen LogP contribution is -2.14. The van der Waals surface area contributed by atoms with Crippen molar-refractivity contribution in [1.82, 2.24) is 10.2 Å². The number of hydrogen-bond donors (Lipinski definition) is 2. The second-order valence-corrected chi connectivity index (χ2v) is 5.56. The zero-order valence-electron chi connectivity index (χ0n) is 9.77. The molecule has 0 bridgehead atoms. The van der Waals surface area contributed by atoms with Crippen LogP contribution < -0.4 is 11.1 Å². The van der Waals surface area contributed by atoms with Gasteiger partial charge in [0.05, 0.1) is 6.04 Å². The third kappa shape index (κ3) is 3.90. The van der Waals surface area contributed by atoms with Gasteiger partial charge >= 0.3 is 6.01 Å². The van der Waals surface area contributed by atoms with Crippen LogP contribution in [-0.4, -0.2) is 32.5 Å². The molecule has 6 nitrogen and oxygen atoms in total. The van der Waals surface area contributed by atoms with E-state index in [1.54, 1.807) is 13.2 Å². The van der Waals surface area contributed by atoms with Crippen LogP contribution in [0.4, 0.5) is 6.01 Å². The Bertz CT molecular complexity index is 353. The molecule has 16 heavy (non-hydrogen) atoms. The van der Waals surface area contributed by atoms with Gasteiger partial charge in [0, 0.05) is 28.9 Å². The van der Waals surface area contributed by atoms with E-state index in [4.69, 9.17) is 10.2 Å². The fourth-order valence-corrected chi connectivity index (χ4v) is 1.49. The second kappa shape index (κ2) is 5.95. The Kier molecular flexibility index (Phi) is 4.88. The average molecular weight is 246 g/mol. The second-order valence-electron chi connectivity index (χ2n) is 3.76. The van der Waals surface area contributed by atoms with Gasteiger partial charge in [-0.25, -0.2) is 0 Å². The monoisotopic (exact) mass is 246 g/mol. The Morgan fingerprint density at radius 2 is 2.19 bits per heavy atom. The summed E-state index contributed by atoms with van der Waals surface area (Å²) < 4.78 is 16.3. The molecule has 0 aliphatic rings. The van der Waals surface area contributed by atoms with Crippen molar-refractivity contribution in [2.45, 2.75) is 31.6 Å². The van der Waals surface area contributed by atoms with Crippen molar-refractivity contribution in [1.29, 1.82) is 0 Å². The van der Waals surface area contributed by atoms with Gasteiger partial charge in [-0.05, 0) is 13.3 Å². The highest BCUT2D eigenvalue weighted by atomic mass is 32.2. The molecule has 0 aromatic carbocycles. The van der Waals surface area contributed by atoms with Crippen LogP contribution in [0.5, 0.6) is 0 Å². The molecular formula is C9H18N4O2S. The maximum atomic E-state index is 11.1. The molecule has 0 saturated heterocycles. The molecule has 0 saturated carbocycles. The van der Waals surface area contributed by atoms with Gasteiger partial charge in [-0.2, -0.15) is 0 Å². The Balaban J connectivity index is 2.34. The molecule has 1 heterocycles. The zero-order chi connectivity index (χ0) is 12.1. The number of rotatable bonds is 6. The number of nitrogens with zero attached hydrogens (tertiary/aromatic N) is 2. The number of nitrogens with one attached hydrogen (secondary N) is 1. The number of nitrogens with two attached hydrogens (primary N) is 1. The lowest BCUT2D eigenvalue weighted by molar-refractivity contribution is 0.472. The molecule has 0 aliphatic heterocycles. The van der Waals surface area contributed by atoms with Crippen LogP contribution in [0.2, 0.25) is 0 Å². The SMILES string of the molecule is CC(N)c1nnc(NCCC(C)S(C)=O)o1. The maximum Gasteiger partial charge on any atom is 0.315 e. The summed E-state index contributed by atoms with van der Waals surface area (Å²) in [5.41, 5.74) is 5.58. The quantitative estimate of drug-likeness (QED) is 0.765. The van der Waals surface area contributed by atoms with Crippen LogP contribution in [0.25, 0.3) is 0 Å². The standard InChI is InChI=1S/C9H18N4O2S/c1-6(16(3)14)4-5-11-9-13-12-8(15-9)7(2)10/h6-7H,4-5,10H2,1-3H3,(H,11,13). The molecule has 1 aromatic rings. The fourth-order valence-electron chi connectivity index (χ4n) is 1.04. The Hall–Kier alpha value is -0.950. The first-order valence-electron chi connectivity index (χ1n) is 5.15. The number of aromatic nitrogens is 2. The van der Waals surface area contributed by atoms with Gasteiger partial charge in [0.2, 0.25) is 5.89 Å². The van der Waals surface area contributed by atoms with E-state index in [0.717, 1.165) is 6.42 Å². The normalized spacial score (nSPS) is 16.8. The Morgan fingerprint density at radius 1 is 1.50 bits per heavy atom. The first kappa shape index (κ1) is 13.1. The summed E-state index contributed by atoms with van der Waals surface area (Å²) in [5.74, 6) is 0.412. The maximum absolute atomic E-state index is 11.1. The molecule has 1 rings (SSSR count). The minimum atomic E-state index is -0.797. The predicted molar refractivity (Wildman–Crippen MR) is 63.5 cm³/mol. The third-order valence-corrected chi connectivity index (χ3v) is 3.59. The Morgan fingerprint density at radius 3 is 2.69 bits per heavy atom. The van der Waals surface area contributed by atoms with Gasteiger partial charge in [0.15, 0.2) is 0 Å². The van der Waals surface area contributed by atoms with Gasteiger partial charge in [-0.3, -0.25) is 4.21 Å². The summed E-state index contributed by atoms with van der Waals surface area (Å²) in [5, 5.41) is 10.7. The van der Waals surface area contributed by atoms with Crippen LogP contribution in [0.3, 0.4) is 0 Å². The van der Waals surface area contributed by atoms with Gasteiger partial charge < -0.3 is 15.5 Å². The highest BCUT2D eigenvalue weighted by Gasteiger charge is 2.10. The van der Waals surface area contributed by atoms with E-state index in [1.165, 1.54) is 0 Å². The molecule has 0 radical (unpaired) electrons. The van der Waals surface area contributed by atoms with Crippen molar-refractivity contribution in [2.75, 3.05) is 18.1 Å². The van der Waals surface area contributed by atoms with Gasteiger partial charge in [0.1, 0.15) is 0 Å². The highest BCUT2D eigenvalue weighted by molar-refractivity contribution is 7.84. The van der Waals surface area contributed by atoms with Crippen LogP contribution in [0, 0.1) is 0 Å². The van der Waals surface area contributed by atoms with E-state index < -0.39 is 10.8 Å². The summed E-state index contributed by atoms with van der Waals surface area (Å²) in [4.78, 5) is 0. The van der Waals surface area contributed by atoms with Crippen LogP contribution >= 0.6 is 0 Å². The van der Waals surface area contributed by atoms with Crippen molar-refractivity contribution in [3.05, 3.63) is 5.89 Å². The Labute approximate surface area is 97.5 Å². The molecule has 0 spiro atoms. The molecule has 7 heteroatoms. The van der Waals surface area contributed by atoms with E-state index in [2.05, 4.69) is 15.5 Å². The van der Waals surface area contributed by atoms with Gasteiger partial charge in [-0.15, -0.1) is 5.10 Å². The highest BCUT2D eigenvalue weighted by Crippen LogP contribution is 2.11. The molecule has 1 aromatic heterocycles. The van der Waals surface area contributed by atoms with Crippen molar-refractivity contribution < 1.29 is 8.63 Å². The summed E-state index contributed by atoms with van der Waals surface area (Å²) >= 11 is 0. The van der Waals surface area contributed by atoms with Crippen molar-refractivity contribution >= 4 is 16.8 Å². The van der Waals surface area contributed by atoms with E-state index in [-0.39, 0.29) is 11.3 Å². The molecule has 92 valence electrons. The molecular weight excluding hydrogens is 228 g/mol. The lowest BCUT2D eigenvalue weighted by Gasteiger charge is -2.07. The molecule has 0 amide bonds. The number of anilines is 1. The minimum Gasteiger partial charge on any atom is -0.406 e. The lowest BCUT2D eigenvalue weighted by atomic mass is 10.3.